The second-order valence-electron chi connectivity index (χ2n) is 5.11. The van der Waals surface area contributed by atoms with Gasteiger partial charge in [0.2, 0.25) is 0 Å². The molecule has 0 aromatic rings. The summed E-state index contributed by atoms with van der Waals surface area (Å²) in [5.74, 6) is 0. The van der Waals surface area contributed by atoms with Crippen molar-refractivity contribution < 1.29 is 0 Å². The third-order valence-electron chi connectivity index (χ3n) is 3.94. The van der Waals surface area contributed by atoms with Gasteiger partial charge >= 0.3 is 0 Å². The Hall–Kier alpha value is -0.243. The standard InChI is InChI=1S/C14H18Cl2Si/c1-7-5-11(15)9(3)13(7)17-14-8(2)6-12(16)10(14)4/h5-6,17H2,1-4H3. The summed E-state index contributed by atoms with van der Waals surface area (Å²) < 4.78 is 0. The van der Waals surface area contributed by atoms with Crippen molar-refractivity contribution in [3.63, 3.8) is 0 Å². The molecule has 0 amide bonds. The van der Waals surface area contributed by atoms with Crippen LogP contribution in [0.15, 0.2) is 42.7 Å². The van der Waals surface area contributed by atoms with Gasteiger partial charge < -0.3 is 0 Å². The van der Waals surface area contributed by atoms with E-state index in [1.165, 1.54) is 22.3 Å². The number of allylic oxidation sites excluding steroid dienone is 8. The molecule has 0 nitrogen and oxygen atoms in total. The number of rotatable bonds is 2. The van der Waals surface area contributed by atoms with E-state index in [1.807, 2.05) is 0 Å². The highest BCUT2D eigenvalue weighted by molar-refractivity contribution is 6.58. The maximum atomic E-state index is 6.25. The molecule has 2 rings (SSSR count). The Morgan fingerprint density at radius 1 is 0.765 bits per heavy atom. The van der Waals surface area contributed by atoms with Crippen LogP contribution >= 0.6 is 23.2 Å². The molecule has 0 aromatic heterocycles. The van der Waals surface area contributed by atoms with Gasteiger partial charge in [-0.3, -0.25) is 0 Å². The first-order valence-corrected chi connectivity index (χ1v) is 8.17. The molecule has 0 saturated heterocycles. The highest BCUT2D eigenvalue weighted by Crippen LogP contribution is 2.39. The fourth-order valence-electron chi connectivity index (χ4n) is 2.66. The van der Waals surface area contributed by atoms with Crippen molar-refractivity contribution >= 4 is 32.7 Å². The van der Waals surface area contributed by atoms with Crippen LogP contribution < -0.4 is 0 Å². The molecule has 0 aliphatic heterocycles. The number of hydrogen-bond donors (Lipinski definition) is 0. The Kier molecular flexibility index (Phi) is 3.72. The van der Waals surface area contributed by atoms with E-state index in [-0.39, 0.29) is 0 Å². The van der Waals surface area contributed by atoms with E-state index < -0.39 is 9.52 Å². The molecule has 0 N–H and O–H groups in total. The van der Waals surface area contributed by atoms with Crippen LogP contribution in [0.2, 0.25) is 0 Å². The first kappa shape index (κ1) is 13.2. The Morgan fingerprint density at radius 2 is 1.12 bits per heavy atom. The monoisotopic (exact) mass is 284 g/mol. The van der Waals surface area contributed by atoms with Crippen molar-refractivity contribution in [2.45, 2.75) is 40.5 Å². The zero-order valence-electron chi connectivity index (χ0n) is 10.9. The van der Waals surface area contributed by atoms with Gasteiger partial charge in [0.1, 0.15) is 0 Å². The third-order valence-corrected chi connectivity index (χ3v) is 7.75. The van der Waals surface area contributed by atoms with Crippen LogP contribution in [0, 0.1) is 0 Å². The predicted molar refractivity (Wildman–Crippen MR) is 80.3 cm³/mol. The van der Waals surface area contributed by atoms with Crippen LogP contribution in [0.4, 0.5) is 0 Å². The molecule has 0 fully saturated rings. The molecule has 17 heavy (non-hydrogen) atoms. The van der Waals surface area contributed by atoms with E-state index in [0.29, 0.717) is 0 Å². The van der Waals surface area contributed by atoms with Gasteiger partial charge in [-0.05, 0) is 38.8 Å². The van der Waals surface area contributed by atoms with Crippen LogP contribution in [0.3, 0.4) is 0 Å². The lowest BCUT2D eigenvalue weighted by molar-refractivity contribution is 1.22. The lowest BCUT2D eigenvalue weighted by Crippen LogP contribution is -2.04. The Bertz CT molecular complexity index is 458. The predicted octanol–water partition coefficient (Wildman–Crippen LogP) is 4.54. The molecule has 0 bridgehead atoms. The highest BCUT2D eigenvalue weighted by atomic mass is 35.5. The van der Waals surface area contributed by atoms with Crippen LogP contribution in [0.25, 0.3) is 0 Å². The van der Waals surface area contributed by atoms with E-state index in [2.05, 4.69) is 27.7 Å². The zero-order valence-corrected chi connectivity index (χ0v) is 13.8. The summed E-state index contributed by atoms with van der Waals surface area (Å²) in [6, 6.07) is 0. The maximum Gasteiger partial charge on any atom is 0.0882 e. The van der Waals surface area contributed by atoms with Crippen LogP contribution in [-0.4, -0.2) is 9.52 Å². The van der Waals surface area contributed by atoms with Gasteiger partial charge in [0.25, 0.3) is 0 Å². The fraction of sp³-hybridized carbons (Fsp3) is 0.429. The summed E-state index contributed by atoms with van der Waals surface area (Å²) in [6.45, 7) is 8.75. The molecule has 0 saturated carbocycles. The SMILES string of the molecule is CC1=C([SiH2]C2=C(C)CC(Cl)=C2C)C(C)=C(Cl)C1. The molecule has 92 valence electrons. The Labute approximate surface area is 116 Å². The summed E-state index contributed by atoms with van der Waals surface area (Å²) in [7, 11) is -0.415. The van der Waals surface area contributed by atoms with Gasteiger partial charge in [0.15, 0.2) is 0 Å². The second kappa shape index (κ2) is 4.79. The lowest BCUT2D eigenvalue weighted by Gasteiger charge is -2.10. The van der Waals surface area contributed by atoms with E-state index in [1.54, 1.807) is 10.4 Å². The summed E-state index contributed by atoms with van der Waals surface area (Å²) in [5, 5.41) is 5.17. The fourth-order valence-corrected chi connectivity index (χ4v) is 5.67. The first-order valence-electron chi connectivity index (χ1n) is 6.00. The molecule has 0 aromatic carbocycles. The average Bonchev–Trinajstić information content (AvgIpc) is 2.62. The van der Waals surface area contributed by atoms with Gasteiger partial charge in [-0.1, -0.05) is 44.7 Å². The van der Waals surface area contributed by atoms with Crippen LogP contribution in [0.1, 0.15) is 40.5 Å². The molecule has 0 spiro atoms. The average molecular weight is 285 g/mol. The van der Waals surface area contributed by atoms with Gasteiger partial charge in [-0.25, -0.2) is 0 Å². The zero-order chi connectivity index (χ0) is 12.7. The van der Waals surface area contributed by atoms with Gasteiger partial charge in [-0.2, -0.15) is 0 Å². The Balaban J connectivity index is 2.30. The largest absolute Gasteiger partial charge is 0.0885 e. The molecule has 0 unspecified atom stereocenters. The topological polar surface area (TPSA) is 0 Å². The van der Waals surface area contributed by atoms with Crippen molar-refractivity contribution in [1.29, 1.82) is 0 Å². The number of halogens is 2. The smallest absolute Gasteiger partial charge is 0.0882 e. The molecule has 0 atom stereocenters. The molecular weight excluding hydrogens is 267 g/mol. The van der Waals surface area contributed by atoms with Gasteiger partial charge in [-0.15, -0.1) is 0 Å². The lowest BCUT2D eigenvalue weighted by atomic mass is 10.3. The van der Waals surface area contributed by atoms with Crippen molar-refractivity contribution in [2.75, 3.05) is 0 Å². The molecule has 0 radical (unpaired) electrons. The van der Waals surface area contributed by atoms with Crippen molar-refractivity contribution in [1.82, 2.24) is 0 Å². The summed E-state index contributed by atoms with van der Waals surface area (Å²) in [6.07, 6.45) is 1.91. The summed E-state index contributed by atoms with van der Waals surface area (Å²) in [5.41, 5.74) is 5.59. The molecule has 2 aliphatic rings. The summed E-state index contributed by atoms with van der Waals surface area (Å²) in [4.78, 5) is 0. The minimum absolute atomic E-state index is 0.415. The normalized spacial score (nSPS) is 21.5. The number of hydrogen-bond acceptors (Lipinski definition) is 0. The molecule has 0 heterocycles. The van der Waals surface area contributed by atoms with Crippen LogP contribution in [0.5, 0.6) is 0 Å². The summed E-state index contributed by atoms with van der Waals surface area (Å²) >= 11 is 12.5. The second-order valence-corrected chi connectivity index (χ2v) is 7.79. The maximum absolute atomic E-state index is 6.25. The first-order chi connectivity index (χ1) is 7.91. The Morgan fingerprint density at radius 3 is 1.35 bits per heavy atom. The minimum Gasteiger partial charge on any atom is -0.0885 e. The quantitative estimate of drug-likeness (QED) is 0.654. The van der Waals surface area contributed by atoms with Crippen LogP contribution in [-0.2, 0) is 0 Å². The molecular formula is C14H18Cl2Si. The van der Waals surface area contributed by atoms with E-state index in [0.717, 1.165) is 22.9 Å². The van der Waals surface area contributed by atoms with Gasteiger partial charge in [0, 0.05) is 22.9 Å². The minimum atomic E-state index is -0.415. The van der Waals surface area contributed by atoms with Crippen molar-refractivity contribution in [3.05, 3.63) is 42.7 Å². The van der Waals surface area contributed by atoms with Crippen molar-refractivity contribution in [2.24, 2.45) is 0 Å². The highest BCUT2D eigenvalue weighted by Gasteiger charge is 2.23. The van der Waals surface area contributed by atoms with Gasteiger partial charge in [0.05, 0.1) is 9.52 Å². The van der Waals surface area contributed by atoms with E-state index >= 15 is 0 Å². The molecule has 2 aliphatic carbocycles. The third kappa shape index (κ3) is 2.33. The van der Waals surface area contributed by atoms with Crippen molar-refractivity contribution in [3.8, 4) is 0 Å². The van der Waals surface area contributed by atoms with E-state index in [4.69, 9.17) is 23.2 Å². The molecule has 3 heteroatoms. The van der Waals surface area contributed by atoms with E-state index in [9.17, 15) is 0 Å².